The summed E-state index contributed by atoms with van der Waals surface area (Å²) in [6.45, 7) is 2.05. The van der Waals surface area contributed by atoms with Crippen molar-refractivity contribution in [3.8, 4) is 11.1 Å². The predicted molar refractivity (Wildman–Crippen MR) is 95.2 cm³/mol. The van der Waals surface area contributed by atoms with Crippen LogP contribution >= 0.6 is 11.3 Å². The van der Waals surface area contributed by atoms with E-state index in [2.05, 4.69) is 10.3 Å². The zero-order valence-electron chi connectivity index (χ0n) is 13.3. The van der Waals surface area contributed by atoms with E-state index in [9.17, 15) is 9.59 Å². The largest absolute Gasteiger partial charge is 0.352 e. The van der Waals surface area contributed by atoms with Crippen molar-refractivity contribution in [1.29, 1.82) is 0 Å². The van der Waals surface area contributed by atoms with Gasteiger partial charge in [0, 0.05) is 17.0 Å². The van der Waals surface area contributed by atoms with Gasteiger partial charge in [-0.05, 0) is 25.3 Å². The van der Waals surface area contributed by atoms with E-state index in [0.29, 0.717) is 10.2 Å². The van der Waals surface area contributed by atoms with Crippen molar-refractivity contribution in [2.75, 3.05) is 0 Å². The second-order valence-corrected chi connectivity index (χ2v) is 7.07. The van der Waals surface area contributed by atoms with Gasteiger partial charge in [-0.3, -0.25) is 14.2 Å². The smallest absolute Gasteiger partial charge is 0.263 e. The van der Waals surface area contributed by atoms with Crippen molar-refractivity contribution < 1.29 is 4.79 Å². The van der Waals surface area contributed by atoms with Gasteiger partial charge in [-0.1, -0.05) is 29.8 Å². The van der Waals surface area contributed by atoms with Crippen LogP contribution in [0.3, 0.4) is 0 Å². The lowest BCUT2D eigenvalue weighted by Crippen LogP contribution is -2.33. The lowest BCUT2D eigenvalue weighted by atomic mass is 10.1. The molecule has 0 spiro atoms. The quantitative estimate of drug-likeness (QED) is 0.795. The van der Waals surface area contributed by atoms with E-state index in [4.69, 9.17) is 0 Å². The fourth-order valence-electron chi connectivity index (χ4n) is 2.68. The summed E-state index contributed by atoms with van der Waals surface area (Å²) in [5.74, 6) is -0.132. The van der Waals surface area contributed by atoms with Crippen LogP contribution in [0.15, 0.2) is 40.8 Å². The van der Waals surface area contributed by atoms with Crippen LogP contribution in [0, 0.1) is 6.92 Å². The summed E-state index contributed by atoms with van der Waals surface area (Å²) in [5, 5.41) is 5.45. The Hall–Kier alpha value is -2.47. The van der Waals surface area contributed by atoms with E-state index in [1.807, 2.05) is 36.6 Å². The van der Waals surface area contributed by atoms with Crippen LogP contribution in [0.5, 0.6) is 0 Å². The summed E-state index contributed by atoms with van der Waals surface area (Å²) in [6.07, 6.45) is 3.52. The molecular weight excluding hydrogens is 322 g/mol. The first-order valence-corrected chi connectivity index (χ1v) is 8.83. The van der Waals surface area contributed by atoms with Crippen LogP contribution in [0.2, 0.25) is 0 Å². The Balaban J connectivity index is 1.74. The Kier molecular flexibility index (Phi) is 3.69. The van der Waals surface area contributed by atoms with Gasteiger partial charge in [0.15, 0.2) is 0 Å². The lowest BCUT2D eigenvalue weighted by Gasteiger charge is -2.07. The molecule has 0 atom stereocenters. The number of hydrogen-bond donors (Lipinski definition) is 1. The minimum atomic E-state index is -0.164. The molecule has 1 amide bonds. The zero-order valence-corrected chi connectivity index (χ0v) is 14.1. The number of amides is 1. The Morgan fingerprint density at radius 2 is 2.08 bits per heavy atom. The number of hydrogen-bond acceptors (Lipinski definition) is 4. The number of carbonyl (C=O) groups excluding carboxylic acids is 1. The summed E-state index contributed by atoms with van der Waals surface area (Å²) in [5.41, 5.74) is 2.88. The molecule has 2 aromatic heterocycles. The second-order valence-electron chi connectivity index (χ2n) is 6.21. The van der Waals surface area contributed by atoms with Gasteiger partial charge in [0.25, 0.3) is 5.56 Å². The maximum Gasteiger partial charge on any atom is 0.263 e. The molecule has 122 valence electrons. The predicted octanol–water partition coefficient (Wildman–Crippen LogP) is 2.71. The number of nitrogens with zero attached hydrogens (tertiary/aromatic N) is 2. The van der Waals surface area contributed by atoms with Gasteiger partial charge >= 0.3 is 0 Å². The van der Waals surface area contributed by atoms with Crippen LogP contribution in [-0.4, -0.2) is 21.5 Å². The number of thiophene rings is 1. The molecule has 4 rings (SSSR count). The molecule has 3 aromatic rings. The molecule has 0 aliphatic heterocycles. The summed E-state index contributed by atoms with van der Waals surface area (Å²) in [7, 11) is 0. The van der Waals surface area contributed by atoms with Crippen molar-refractivity contribution in [3.05, 3.63) is 51.9 Å². The standard InChI is InChI=1S/C18H17N3O2S/c1-11-2-4-12(5-3-11)14-9-24-17-16(14)18(23)21(10-19-17)8-15(22)20-13-6-7-13/h2-5,9-10,13H,6-8H2,1H3,(H,20,22). The van der Waals surface area contributed by atoms with E-state index >= 15 is 0 Å². The average molecular weight is 339 g/mol. The molecule has 1 aromatic carbocycles. The van der Waals surface area contributed by atoms with Crippen LogP contribution in [0.4, 0.5) is 0 Å². The monoisotopic (exact) mass is 339 g/mol. The van der Waals surface area contributed by atoms with E-state index in [-0.39, 0.29) is 24.1 Å². The Labute approximate surface area is 143 Å². The molecule has 1 aliphatic carbocycles. The Morgan fingerprint density at radius 3 is 2.79 bits per heavy atom. The summed E-state index contributed by atoms with van der Waals surface area (Å²) >= 11 is 1.45. The molecule has 1 aliphatic rings. The van der Waals surface area contributed by atoms with Crippen LogP contribution in [0.25, 0.3) is 21.3 Å². The first-order valence-electron chi connectivity index (χ1n) is 7.95. The van der Waals surface area contributed by atoms with Crippen LogP contribution < -0.4 is 10.9 Å². The minimum absolute atomic E-state index is 0.0153. The molecule has 0 unspecified atom stereocenters. The van der Waals surface area contributed by atoms with Gasteiger partial charge in [-0.25, -0.2) is 4.98 Å². The number of nitrogens with one attached hydrogen (secondary N) is 1. The van der Waals surface area contributed by atoms with E-state index < -0.39 is 0 Å². The third-order valence-electron chi connectivity index (χ3n) is 4.18. The highest BCUT2D eigenvalue weighted by Gasteiger charge is 2.23. The highest BCUT2D eigenvalue weighted by atomic mass is 32.1. The molecule has 6 heteroatoms. The average Bonchev–Trinajstić information content (AvgIpc) is 3.26. The fourth-order valence-corrected chi connectivity index (χ4v) is 3.59. The molecule has 1 saturated carbocycles. The van der Waals surface area contributed by atoms with Crippen molar-refractivity contribution in [2.24, 2.45) is 0 Å². The number of fused-ring (bicyclic) bond motifs is 1. The van der Waals surface area contributed by atoms with E-state index in [1.54, 1.807) is 0 Å². The molecule has 1 fully saturated rings. The second kappa shape index (κ2) is 5.87. The van der Waals surface area contributed by atoms with E-state index in [0.717, 1.165) is 24.0 Å². The molecule has 5 nitrogen and oxygen atoms in total. The number of aryl methyl sites for hydroxylation is 1. The lowest BCUT2D eigenvalue weighted by molar-refractivity contribution is -0.121. The number of aromatic nitrogens is 2. The zero-order chi connectivity index (χ0) is 16.7. The van der Waals surface area contributed by atoms with Gasteiger partial charge in [0.2, 0.25) is 5.91 Å². The molecule has 0 radical (unpaired) electrons. The molecule has 2 heterocycles. The number of benzene rings is 1. The summed E-state index contributed by atoms with van der Waals surface area (Å²) in [4.78, 5) is 29.9. The Bertz CT molecular complexity index is 968. The first-order chi connectivity index (χ1) is 11.6. The normalized spacial score (nSPS) is 14.0. The van der Waals surface area contributed by atoms with Gasteiger partial charge in [-0.2, -0.15) is 0 Å². The van der Waals surface area contributed by atoms with Gasteiger partial charge in [0.05, 0.1) is 11.7 Å². The van der Waals surface area contributed by atoms with Gasteiger partial charge in [-0.15, -0.1) is 11.3 Å². The molecule has 0 saturated heterocycles. The first kappa shape index (κ1) is 15.1. The van der Waals surface area contributed by atoms with Crippen LogP contribution in [-0.2, 0) is 11.3 Å². The molecule has 0 bridgehead atoms. The highest BCUT2D eigenvalue weighted by molar-refractivity contribution is 7.17. The van der Waals surface area contributed by atoms with Crippen molar-refractivity contribution >= 4 is 27.5 Å². The van der Waals surface area contributed by atoms with E-state index in [1.165, 1.54) is 27.8 Å². The van der Waals surface area contributed by atoms with Gasteiger partial charge < -0.3 is 5.32 Å². The maximum atomic E-state index is 12.8. The number of rotatable bonds is 4. The maximum absolute atomic E-state index is 12.8. The molecule has 1 N–H and O–H groups in total. The highest BCUT2D eigenvalue weighted by Crippen LogP contribution is 2.30. The van der Waals surface area contributed by atoms with Crippen molar-refractivity contribution in [1.82, 2.24) is 14.9 Å². The fraction of sp³-hybridized carbons (Fsp3) is 0.278. The summed E-state index contributed by atoms with van der Waals surface area (Å²) in [6, 6.07) is 8.35. The van der Waals surface area contributed by atoms with Crippen molar-refractivity contribution in [3.63, 3.8) is 0 Å². The number of carbonyl (C=O) groups is 1. The SMILES string of the molecule is Cc1ccc(-c2csc3ncn(CC(=O)NC4CC4)c(=O)c23)cc1. The third kappa shape index (κ3) is 2.85. The third-order valence-corrected chi connectivity index (χ3v) is 5.07. The van der Waals surface area contributed by atoms with Crippen molar-refractivity contribution in [2.45, 2.75) is 32.4 Å². The Morgan fingerprint density at radius 1 is 1.33 bits per heavy atom. The van der Waals surface area contributed by atoms with Crippen LogP contribution in [0.1, 0.15) is 18.4 Å². The topological polar surface area (TPSA) is 64.0 Å². The molecule has 24 heavy (non-hydrogen) atoms. The van der Waals surface area contributed by atoms with Gasteiger partial charge in [0.1, 0.15) is 11.4 Å². The molecular formula is C18H17N3O2S. The summed E-state index contributed by atoms with van der Waals surface area (Å²) < 4.78 is 1.39. The minimum Gasteiger partial charge on any atom is -0.352 e.